The molecule has 2 aromatic rings. The van der Waals surface area contributed by atoms with Gasteiger partial charge in [0.2, 0.25) is 15.9 Å². The van der Waals surface area contributed by atoms with E-state index in [-0.39, 0.29) is 18.7 Å². The quantitative estimate of drug-likeness (QED) is 0.675. The van der Waals surface area contributed by atoms with Crippen molar-refractivity contribution in [3.05, 3.63) is 65.5 Å². The van der Waals surface area contributed by atoms with Crippen LogP contribution in [0.5, 0.6) is 0 Å². The molecule has 0 spiro atoms. The molecule has 1 atom stereocenters. The highest BCUT2D eigenvalue weighted by atomic mass is 32.2. The van der Waals surface area contributed by atoms with Crippen molar-refractivity contribution in [2.75, 3.05) is 30.8 Å². The van der Waals surface area contributed by atoms with E-state index in [0.717, 1.165) is 29.2 Å². The lowest BCUT2D eigenvalue weighted by Gasteiger charge is -2.32. The van der Waals surface area contributed by atoms with Crippen molar-refractivity contribution in [3.63, 3.8) is 0 Å². The van der Waals surface area contributed by atoms with E-state index in [2.05, 4.69) is 29.3 Å². The van der Waals surface area contributed by atoms with Gasteiger partial charge in [0.25, 0.3) is 0 Å². The first-order valence-electron chi connectivity index (χ1n) is 10.5. The Balaban J connectivity index is 1.56. The van der Waals surface area contributed by atoms with Crippen LogP contribution in [0.25, 0.3) is 0 Å². The number of nitrogens with one attached hydrogen (secondary N) is 1. The third-order valence-electron chi connectivity index (χ3n) is 5.54. The molecule has 168 valence electrons. The van der Waals surface area contributed by atoms with Gasteiger partial charge in [-0.05, 0) is 42.5 Å². The van der Waals surface area contributed by atoms with Crippen LogP contribution in [-0.4, -0.2) is 44.5 Å². The number of sulfonamides is 1. The second-order valence-electron chi connectivity index (χ2n) is 8.26. The number of amides is 1. The average molecular weight is 448 g/mol. The fourth-order valence-electron chi connectivity index (χ4n) is 3.77. The Labute approximate surface area is 184 Å². The Morgan fingerprint density at radius 1 is 1.19 bits per heavy atom. The van der Waals surface area contributed by atoms with E-state index in [1.54, 1.807) is 6.07 Å². The standard InChI is InChI=1S/C23H30FN3O3S/c1-18-6-5-13-26(15-18)21-11-9-19(10-12-21)14-25-23(28)17-27(31(2,29)30)16-20-7-3-4-8-22(20)24/h3-4,7-12,18H,5-6,13-17H2,1-2H3,(H,25,28)/t18-/m0/s1. The Kier molecular flexibility index (Phi) is 7.67. The highest BCUT2D eigenvalue weighted by molar-refractivity contribution is 7.88. The molecule has 1 saturated heterocycles. The van der Waals surface area contributed by atoms with Crippen LogP contribution >= 0.6 is 0 Å². The molecule has 0 aliphatic carbocycles. The summed E-state index contributed by atoms with van der Waals surface area (Å²) in [5.41, 5.74) is 2.33. The van der Waals surface area contributed by atoms with Crippen molar-refractivity contribution in [2.45, 2.75) is 32.9 Å². The second-order valence-corrected chi connectivity index (χ2v) is 10.2. The van der Waals surface area contributed by atoms with Crippen LogP contribution in [-0.2, 0) is 27.9 Å². The lowest BCUT2D eigenvalue weighted by Crippen LogP contribution is -2.39. The maximum absolute atomic E-state index is 13.9. The maximum atomic E-state index is 13.9. The third kappa shape index (κ3) is 6.77. The van der Waals surface area contributed by atoms with E-state index in [4.69, 9.17) is 0 Å². The summed E-state index contributed by atoms with van der Waals surface area (Å²) in [6.07, 6.45) is 3.48. The van der Waals surface area contributed by atoms with Crippen molar-refractivity contribution < 1.29 is 17.6 Å². The summed E-state index contributed by atoms with van der Waals surface area (Å²) in [6, 6.07) is 14.0. The Morgan fingerprint density at radius 3 is 2.55 bits per heavy atom. The number of halogens is 1. The summed E-state index contributed by atoms with van der Waals surface area (Å²) in [7, 11) is -3.68. The lowest BCUT2D eigenvalue weighted by molar-refractivity contribution is -0.121. The Morgan fingerprint density at radius 2 is 1.90 bits per heavy atom. The summed E-state index contributed by atoms with van der Waals surface area (Å²) in [5, 5.41) is 2.76. The zero-order chi connectivity index (χ0) is 22.4. The van der Waals surface area contributed by atoms with Gasteiger partial charge in [0.1, 0.15) is 5.82 Å². The van der Waals surface area contributed by atoms with Gasteiger partial charge in [-0.1, -0.05) is 37.3 Å². The number of anilines is 1. The molecule has 1 aliphatic heterocycles. The van der Waals surface area contributed by atoms with Crippen LogP contribution < -0.4 is 10.2 Å². The van der Waals surface area contributed by atoms with Gasteiger partial charge in [0.05, 0.1) is 12.8 Å². The van der Waals surface area contributed by atoms with Crippen LogP contribution in [0.4, 0.5) is 10.1 Å². The number of rotatable bonds is 8. The Bertz CT molecular complexity index is 995. The predicted molar refractivity (Wildman–Crippen MR) is 121 cm³/mol. The molecular formula is C23H30FN3O3S. The van der Waals surface area contributed by atoms with E-state index in [1.807, 2.05) is 12.1 Å². The minimum absolute atomic E-state index is 0.193. The van der Waals surface area contributed by atoms with Gasteiger partial charge in [-0.25, -0.2) is 12.8 Å². The molecule has 1 N–H and O–H groups in total. The Hall–Kier alpha value is -2.45. The van der Waals surface area contributed by atoms with Crippen LogP contribution in [0.15, 0.2) is 48.5 Å². The molecule has 1 amide bonds. The monoisotopic (exact) mass is 447 g/mol. The van der Waals surface area contributed by atoms with E-state index >= 15 is 0 Å². The summed E-state index contributed by atoms with van der Waals surface area (Å²) in [5.74, 6) is -0.245. The number of hydrogen-bond acceptors (Lipinski definition) is 4. The fourth-order valence-corrected chi connectivity index (χ4v) is 4.50. The molecule has 8 heteroatoms. The van der Waals surface area contributed by atoms with E-state index in [1.165, 1.54) is 36.7 Å². The smallest absolute Gasteiger partial charge is 0.235 e. The van der Waals surface area contributed by atoms with Crippen molar-refractivity contribution in [1.29, 1.82) is 0 Å². The summed E-state index contributed by atoms with van der Waals surface area (Å²) in [6.45, 7) is 4.12. The number of benzene rings is 2. The average Bonchev–Trinajstić information content (AvgIpc) is 2.73. The molecular weight excluding hydrogens is 417 g/mol. The minimum atomic E-state index is -3.68. The number of carbonyl (C=O) groups excluding carboxylic acids is 1. The van der Waals surface area contributed by atoms with Gasteiger partial charge in [-0.2, -0.15) is 4.31 Å². The molecule has 1 aliphatic rings. The topological polar surface area (TPSA) is 69.7 Å². The largest absolute Gasteiger partial charge is 0.371 e. The maximum Gasteiger partial charge on any atom is 0.235 e. The van der Waals surface area contributed by atoms with Crippen LogP contribution in [0, 0.1) is 11.7 Å². The van der Waals surface area contributed by atoms with E-state index in [0.29, 0.717) is 12.5 Å². The summed E-state index contributed by atoms with van der Waals surface area (Å²) in [4.78, 5) is 14.8. The molecule has 1 fully saturated rings. The summed E-state index contributed by atoms with van der Waals surface area (Å²) < 4.78 is 39.1. The molecule has 0 bridgehead atoms. The van der Waals surface area contributed by atoms with Gasteiger partial charge in [-0.15, -0.1) is 0 Å². The van der Waals surface area contributed by atoms with Gasteiger partial charge in [0, 0.05) is 37.4 Å². The molecule has 31 heavy (non-hydrogen) atoms. The number of piperidine rings is 1. The van der Waals surface area contributed by atoms with Crippen LogP contribution in [0.3, 0.4) is 0 Å². The second kappa shape index (κ2) is 10.2. The van der Waals surface area contributed by atoms with Crippen molar-refractivity contribution >= 4 is 21.6 Å². The first kappa shape index (κ1) is 23.2. The predicted octanol–water partition coefficient (Wildman–Crippen LogP) is 3.14. The number of nitrogens with zero attached hydrogens (tertiary/aromatic N) is 2. The normalized spacial score (nSPS) is 17.0. The van der Waals surface area contributed by atoms with Gasteiger partial charge >= 0.3 is 0 Å². The summed E-state index contributed by atoms with van der Waals surface area (Å²) >= 11 is 0. The van der Waals surface area contributed by atoms with Crippen LogP contribution in [0.2, 0.25) is 0 Å². The molecule has 0 unspecified atom stereocenters. The van der Waals surface area contributed by atoms with Gasteiger partial charge in [-0.3, -0.25) is 4.79 Å². The highest BCUT2D eigenvalue weighted by Crippen LogP contribution is 2.23. The van der Waals surface area contributed by atoms with Crippen molar-refractivity contribution in [2.24, 2.45) is 5.92 Å². The molecule has 0 saturated carbocycles. The molecule has 2 aromatic carbocycles. The van der Waals surface area contributed by atoms with Crippen molar-refractivity contribution in [3.8, 4) is 0 Å². The third-order valence-corrected chi connectivity index (χ3v) is 6.74. The van der Waals surface area contributed by atoms with Gasteiger partial charge in [0.15, 0.2) is 0 Å². The van der Waals surface area contributed by atoms with Crippen molar-refractivity contribution in [1.82, 2.24) is 9.62 Å². The molecule has 6 nitrogen and oxygen atoms in total. The zero-order valence-electron chi connectivity index (χ0n) is 18.1. The van der Waals surface area contributed by atoms with E-state index < -0.39 is 21.7 Å². The molecule has 0 aromatic heterocycles. The lowest BCUT2D eigenvalue weighted by atomic mass is 9.99. The van der Waals surface area contributed by atoms with E-state index in [9.17, 15) is 17.6 Å². The van der Waals surface area contributed by atoms with Crippen LogP contribution in [0.1, 0.15) is 30.9 Å². The SMILES string of the molecule is C[C@H]1CCCN(c2ccc(CNC(=O)CN(Cc3ccccc3F)S(C)(=O)=O)cc2)C1. The number of carbonyl (C=O) groups is 1. The number of hydrogen-bond donors (Lipinski definition) is 1. The molecule has 0 radical (unpaired) electrons. The zero-order valence-corrected chi connectivity index (χ0v) is 18.9. The first-order valence-corrected chi connectivity index (χ1v) is 12.4. The highest BCUT2D eigenvalue weighted by Gasteiger charge is 2.22. The molecule has 3 rings (SSSR count). The first-order chi connectivity index (χ1) is 14.7. The van der Waals surface area contributed by atoms with Gasteiger partial charge < -0.3 is 10.2 Å². The molecule has 1 heterocycles. The fraction of sp³-hybridized carbons (Fsp3) is 0.435. The minimum Gasteiger partial charge on any atom is -0.371 e.